The topological polar surface area (TPSA) is 77.1 Å². The number of phenols is 1. The van der Waals surface area contributed by atoms with Crippen molar-refractivity contribution in [3.05, 3.63) is 41.3 Å². The Bertz CT molecular complexity index is 1090. The van der Waals surface area contributed by atoms with Crippen LogP contribution in [-0.2, 0) is 13.0 Å². The average molecular weight is 426 g/mol. The van der Waals surface area contributed by atoms with E-state index in [0.29, 0.717) is 28.9 Å². The van der Waals surface area contributed by atoms with Crippen molar-refractivity contribution in [2.45, 2.75) is 59.2 Å². The van der Waals surface area contributed by atoms with E-state index in [4.69, 9.17) is 0 Å². The van der Waals surface area contributed by atoms with Crippen molar-refractivity contribution in [3.8, 4) is 17.0 Å². The molecule has 1 aliphatic rings. The minimum Gasteiger partial charge on any atom is -0.508 e. The molecule has 0 aliphatic carbocycles. The summed E-state index contributed by atoms with van der Waals surface area (Å²) in [5, 5.41) is 21.8. The lowest BCUT2D eigenvalue weighted by Crippen LogP contribution is -2.62. The zero-order chi connectivity index (χ0) is 22.3. The van der Waals surface area contributed by atoms with Crippen LogP contribution >= 0.6 is 0 Å². The Hall–Kier alpha value is -2.51. The number of benzene rings is 1. The normalized spacial score (nSPS) is 19.4. The van der Waals surface area contributed by atoms with E-state index in [1.54, 1.807) is 6.07 Å². The summed E-state index contributed by atoms with van der Waals surface area (Å²) in [7, 11) is 0. The number of aromatic nitrogens is 3. The third-order valence-electron chi connectivity index (χ3n) is 6.26. The summed E-state index contributed by atoms with van der Waals surface area (Å²) in [6.45, 7) is 13.7. The first-order chi connectivity index (χ1) is 14.7. The van der Waals surface area contributed by atoms with Crippen molar-refractivity contribution in [2.75, 3.05) is 13.1 Å². The summed E-state index contributed by atoms with van der Waals surface area (Å²) in [5.41, 5.74) is 3.67. The molecule has 166 valence electrons. The summed E-state index contributed by atoms with van der Waals surface area (Å²) in [6, 6.07) is 6.57. The second-order valence-electron chi connectivity index (χ2n) is 9.57. The number of H-pyrrole nitrogens is 1. The number of aryl methyl sites for hydroxylation is 1. The van der Waals surface area contributed by atoms with Crippen molar-refractivity contribution in [3.63, 3.8) is 0 Å². The monoisotopic (exact) mass is 425 g/mol. The van der Waals surface area contributed by atoms with Crippen LogP contribution in [0.3, 0.4) is 0 Å². The Labute approximate surface area is 182 Å². The molecular formula is C24H32FN5O. The van der Waals surface area contributed by atoms with Gasteiger partial charge in [0.2, 0.25) is 0 Å². The van der Waals surface area contributed by atoms with Crippen LogP contribution in [0.2, 0.25) is 0 Å². The van der Waals surface area contributed by atoms with Gasteiger partial charge in [0.25, 0.3) is 0 Å². The second kappa shape index (κ2) is 8.20. The van der Waals surface area contributed by atoms with Crippen LogP contribution in [-0.4, -0.2) is 49.9 Å². The van der Waals surface area contributed by atoms with Crippen LogP contribution in [0.4, 0.5) is 4.39 Å². The summed E-state index contributed by atoms with van der Waals surface area (Å²) >= 11 is 0. The third kappa shape index (κ3) is 4.29. The molecule has 31 heavy (non-hydrogen) atoms. The van der Waals surface area contributed by atoms with E-state index in [1.165, 1.54) is 6.07 Å². The van der Waals surface area contributed by atoms with Gasteiger partial charge in [-0.15, -0.1) is 0 Å². The predicted molar refractivity (Wildman–Crippen MR) is 121 cm³/mol. The number of fused-ring (bicyclic) bond motifs is 1. The molecule has 2 aromatic heterocycles. The van der Waals surface area contributed by atoms with E-state index in [2.05, 4.69) is 60.0 Å². The Morgan fingerprint density at radius 2 is 2.06 bits per heavy atom. The molecule has 6 nitrogen and oxygen atoms in total. The number of piperazine rings is 1. The standard InChI is InChI=1S/C24H32FN5O/c1-6-19-22-15(12-30-13-24(4,5)26-11-21(30)14(2)3)9-20(27-23(22)29-28-19)17-8-7-16(31)10-18(17)25/h7-10,14,21,26,31H,6,11-13H2,1-5H3,(H,27,28,29)/t21-/m1/s1. The molecule has 1 aromatic carbocycles. The zero-order valence-corrected chi connectivity index (χ0v) is 19.0. The maximum Gasteiger partial charge on any atom is 0.182 e. The highest BCUT2D eigenvalue weighted by Crippen LogP contribution is 2.31. The summed E-state index contributed by atoms with van der Waals surface area (Å²) in [4.78, 5) is 7.17. The van der Waals surface area contributed by atoms with Gasteiger partial charge in [0.1, 0.15) is 11.6 Å². The number of aromatic hydroxyl groups is 1. The number of hydrogen-bond acceptors (Lipinski definition) is 5. The molecule has 3 heterocycles. The fourth-order valence-electron chi connectivity index (χ4n) is 4.64. The van der Waals surface area contributed by atoms with E-state index < -0.39 is 5.82 Å². The van der Waals surface area contributed by atoms with Gasteiger partial charge in [-0.05, 0) is 49.9 Å². The van der Waals surface area contributed by atoms with Crippen molar-refractivity contribution < 1.29 is 9.50 Å². The number of nitrogens with zero attached hydrogens (tertiary/aromatic N) is 3. The van der Waals surface area contributed by atoms with Crippen LogP contribution in [0.15, 0.2) is 24.3 Å². The van der Waals surface area contributed by atoms with Crippen LogP contribution in [0.5, 0.6) is 5.75 Å². The smallest absolute Gasteiger partial charge is 0.182 e. The molecule has 4 rings (SSSR count). The second-order valence-corrected chi connectivity index (χ2v) is 9.57. The lowest BCUT2D eigenvalue weighted by atomic mass is 9.92. The first kappa shape index (κ1) is 21.7. The van der Waals surface area contributed by atoms with Gasteiger partial charge < -0.3 is 10.4 Å². The highest BCUT2D eigenvalue weighted by molar-refractivity contribution is 5.85. The molecule has 0 amide bonds. The Morgan fingerprint density at radius 1 is 1.29 bits per heavy atom. The van der Waals surface area contributed by atoms with Crippen LogP contribution < -0.4 is 5.32 Å². The summed E-state index contributed by atoms with van der Waals surface area (Å²) < 4.78 is 14.6. The van der Waals surface area contributed by atoms with Gasteiger partial charge in [0.15, 0.2) is 5.65 Å². The van der Waals surface area contributed by atoms with Crippen molar-refractivity contribution >= 4 is 11.0 Å². The average Bonchev–Trinajstić information content (AvgIpc) is 3.10. The van der Waals surface area contributed by atoms with Gasteiger partial charge in [0, 0.05) is 53.9 Å². The maximum absolute atomic E-state index is 14.6. The van der Waals surface area contributed by atoms with Crippen molar-refractivity contribution in [1.82, 2.24) is 25.4 Å². The highest BCUT2D eigenvalue weighted by Gasteiger charge is 2.34. The van der Waals surface area contributed by atoms with Gasteiger partial charge in [-0.2, -0.15) is 5.10 Å². The number of nitrogens with one attached hydrogen (secondary N) is 2. The molecular weight excluding hydrogens is 393 g/mol. The lowest BCUT2D eigenvalue weighted by Gasteiger charge is -2.46. The van der Waals surface area contributed by atoms with Crippen LogP contribution in [0, 0.1) is 11.7 Å². The quantitative estimate of drug-likeness (QED) is 0.570. The maximum atomic E-state index is 14.6. The van der Waals surface area contributed by atoms with Crippen LogP contribution in [0.1, 0.15) is 45.9 Å². The molecule has 3 aromatic rings. The van der Waals surface area contributed by atoms with E-state index in [-0.39, 0.29) is 11.3 Å². The van der Waals surface area contributed by atoms with E-state index in [1.807, 2.05) is 6.07 Å². The Kier molecular flexibility index (Phi) is 5.75. The van der Waals surface area contributed by atoms with Crippen LogP contribution in [0.25, 0.3) is 22.3 Å². The van der Waals surface area contributed by atoms with Gasteiger partial charge >= 0.3 is 0 Å². The number of hydrogen-bond donors (Lipinski definition) is 3. The van der Waals surface area contributed by atoms with E-state index in [9.17, 15) is 9.50 Å². The Morgan fingerprint density at radius 3 is 2.74 bits per heavy atom. The number of halogens is 1. The van der Waals surface area contributed by atoms with E-state index >= 15 is 0 Å². The third-order valence-corrected chi connectivity index (χ3v) is 6.26. The molecule has 1 fully saturated rings. The van der Waals surface area contributed by atoms with Gasteiger partial charge in [-0.1, -0.05) is 20.8 Å². The number of pyridine rings is 1. The minimum absolute atomic E-state index is 0.0212. The fraction of sp³-hybridized carbons (Fsp3) is 0.500. The van der Waals surface area contributed by atoms with Crippen molar-refractivity contribution in [1.29, 1.82) is 0 Å². The van der Waals surface area contributed by atoms with E-state index in [0.717, 1.165) is 48.8 Å². The molecule has 0 spiro atoms. The molecule has 0 bridgehead atoms. The van der Waals surface area contributed by atoms with Gasteiger partial charge in [-0.3, -0.25) is 10.00 Å². The number of aromatic amines is 1. The number of phenolic OH excluding ortho intramolecular Hbond substituents is 1. The molecule has 0 radical (unpaired) electrons. The molecule has 0 saturated carbocycles. The largest absolute Gasteiger partial charge is 0.508 e. The molecule has 1 atom stereocenters. The van der Waals surface area contributed by atoms with Gasteiger partial charge in [0.05, 0.1) is 5.69 Å². The first-order valence-electron chi connectivity index (χ1n) is 11.0. The zero-order valence-electron chi connectivity index (χ0n) is 19.0. The summed E-state index contributed by atoms with van der Waals surface area (Å²) in [6.07, 6.45) is 0.818. The first-order valence-corrected chi connectivity index (χ1v) is 11.0. The SMILES string of the molecule is CCc1[nH]nc2nc(-c3ccc(O)cc3F)cc(CN3CC(C)(C)NC[C@@H]3C(C)C)c12. The highest BCUT2D eigenvalue weighted by atomic mass is 19.1. The molecule has 0 unspecified atom stereocenters. The van der Waals surface area contributed by atoms with Gasteiger partial charge in [-0.25, -0.2) is 9.37 Å². The lowest BCUT2D eigenvalue weighted by molar-refractivity contribution is 0.0631. The Balaban J connectivity index is 1.82. The molecule has 1 aliphatic heterocycles. The molecule has 7 heteroatoms. The predicted octanol–water partition coefficient (Wildman–Crippen LogP) is 4.24. The fourth-order valence-corrected chi connectivity index (χ4v) is 4.64. The minimum atomic E-state index is -0.493. The molecule has 1 saturated heterocycles. The summed E-state index contributed by atoms with van der Waals surface area (Å²) in [5.74, 6) is -0.0873. The number of rotatable bonds is 5. The molecule has 3 N–H and O–H groups in total. The van der Waals surface area contributed by atoms with Crippen molar-refractivity contribution in [2.24, 2.45) is 5.92 Å².